The molecule has 0 radical (unpaired) electrons. The monoisotopic (exact) mass is 203 g/mol. The van der Waals surface area contributed by atoms with E-state index < -0.39 is 16.6 Å². The molecule has 14 heavy (non-hydrogen) atoms. The van der Waals surface area contributed by atoms with E-state index in [0.717, 1.165) is 0 Å². The summed E-state index contributed by atoms with van der Waals surface area (Å²) in [5.41, 5.74) is -1.22. The van der Waals surface area contributed by atoms with Crippen LogP contribution in [0.1, 0.15) is 20.8 Å². The van der Waals surface area contributed by atoms with Crippen molar-refractivity contribution >= 4 is 11.8 Å². The lowest BCUT2D eigenvalue weighted by Crippen LogP contribution is -2.39. The Labute approximate surface area is 81.3 Å². The molecule has 1 amide bonds. The maximum absolute atomic E-state index is 10.6. The number of hydrogen-bond acceptors (Lipinski definition) is 5. The molecule has 7 nitrogen and oxygen atoms in total. The van der Waals surface area contributed by atoms with Gasteiger partial charge in [0.1, 0.15) is 5.71 Å². The van der Waals surface area contributed by atoms with Crippen LogP contribution in [-0.2, 0) is 4.84 Å². The summed E-state index contributed by atoms with van der Waals surface area (Å²) in [5.74, 6) is 0. The van der Waals surface area contributed by atoms with E-state index in [-0.39, 0.29) is 5.71 Å². The minimum absolute atomic E-state index is 0.117. The fourth-order valence-corrected chi connectivity index (χ4v) is 0.399. The Morgan fingerprint density at radius 1 is 1.57 bits per heavy atom. The summed E-state index contributed by atoms with van der Waals surface area (Å²) in [7, 11) is 1.37. The minimum Gasteiger partial charge on any atom is -0.323 e. The van der Waals surface area contributed by atoms with Crippen molar-refractivity contribution in [2.24, 2.45) is 5.16 Å². The van der Waals surface area contributed by atoms with Crippen LogP contribution in [0.4, 0.5) is 4.79 Å². The van der Waals surface area contributed by atoms with Crippen LogP contribution in [0.3, 0.4) is 0 Å². The van der Waals surface area contributed by atoms with Crippen LogP contribution in [0.2, 0.25) is 0 Å². The highest BCUT2D eigenvalue weighted by molar-refractivity contribution is 5.89. The third-order valence-corrected chi connectivity index (χ3v) is 1.81. The van der Waals surface area contributed by atoms with Gasteiger partial charge in [-0.15, -0.1) is 0 Å². The van der Waals surface area contributed by atoms with Crippen molar-refractivity contribution in [1.82, 2.24) is 5.32 Å². The van der Waals surface area contributed by atoms with Crippen molar-refractivity contribution in [3.63, 3.8) is 0 Å². The molecule has 0 aliphatic carbocycles. The summed E-state index contributed by atoms with van der Waals surface area (Å²) in [6.45, 7) is 4.17. The van der Waals surface area contributed by atoms with Gasteiger partial charge in [-0.3, -0.25) is 15.0 Å². The Morgan fingerprint density at radius 3 is 2.43 bits per heavy atom. The fraction of sp³-hybridized carbons (Fsp3) is 0.714. The highest BCUT2D eigenvalue weighted by Crippen LogP contribution is 2.10. The van der Waals surface area contributed by atoms with E-state index in [1.54, 1.807) is 0 Å². The fourth-order valence-electron chi connectivity index (χ4n) is 0.399. The van der Waals surface area contributed by atoms with Gasteiger partial charge < -0.3 is 5.32 Å². The van der Waals surface area contributed by atoms with Crippen molar-refractivity contribution in [2.75, 3.05) is 7.05 Å². The van der Waals surface area contributed by atoms with Gasteiger partial charge in [0.05, 0.1) is 0 Å². The molecular formula is C7H13N3O4. The molecule has 80 valence electrons. The number of amides is 1. The summed E-state index contributed by atoms with van der Waals surface area (Å²) in [5, 5.41) is 16.1. The van der Waals surface area contributed by atoms with Crippen molar-refractivity contribution in [3.8, 4) is 0 Å². The van der Waals surface area contributed by atoms with E-state index in [4.69, 9.17) is 0 Å². The first kappa shape index (κ1) is 12.3. The van der Waals surface area contributed by atoms with Crippen LogP contribution in [-0.4, -0.2) is 29.3 Å². The molecule has 0 aromatic rings. The Morgan fingerprint density at radius 2 is 2.07 bits per heavy atom. The van der Waals surface area contributed by atoms with Crippen LogP contribution in [0.5, 0.6) is 0 Å². The molecule has 0 unspecified atom stereocenters. The van der Waals surface area contributed by atoms with E-state index in [2.05, 4.69) is 15.3 Å². The molecule has 0 spiro atoms. The van der Waals surface area contributed by atoms with Gasteiger partial charge in [0.25, 0.3) is 5.54 Å². The van der Waals surface area contributed by atoms with Crippen molar-refractivity contribution in [3.05, 3.63) is 10.1 Å². The zero-order chi connectivity index (χ0) is 11.4. The predicted molar refractivity (Wildman–Crippen MR) is 49.7 cm³/mol. The molecule has 0 aromatic carbocycles. The highest BCUT2D eigenvalue weighted by Gasteiger charge is 2.35. The molecule has 0 aromatic heterocycles. The Hall–Kier alpha value is -1.66. The molecule has 0 bridgehead atoms. The average Bonchev–Trinajstić information content (AvgIpc) is 2.12. The number of rotatable bonds is 3. The Kier molecular flexibility index (Phi) is 4.00. The predicted octanol–water partition coefficient (Wildman–Crippen LogP) is 0.774. The highest BCUT2D eigenvalue weighted by atomic mass is 16.7. The number of carbonyl (C=O) groups is 1. The van der Waals surface area contributed by atoms with E-state index in [1.807, 2.05) is 0 Å². The third-order valence-electron chi connectivity index (χ3n) is 1.81. The Bertz CT molecular complexity index is 272. The van der Waals surface area contributed by atoms with Gasteiger partial charge in [-0.2, -0.15) is 0 Å². The maximum atomic E-state index is 10.6. The lowest BCUT2D eigenvalue weighted by molar-refractivity contribution is -0.538. The van der Waals surface area contributed by atoms with Gasteiger partial charge in [-0.05, 0) is 6.92 Å². The maximum Gasteiger partial charge on any atom is 0.433 e. The second kappa shape index (κ2) is 4.54. The van der Waals surface area contributed by atoms with E-state index in [9.17, 15) is 14.9 Å². The van der Waals surface area contributed by atoms with Crippen molar-refractivity contribution < 1.29 is 14.6 Å². The summed E-state index contributed by atoms with van der Waals surface area (Å²) < 4.78 is 0. The van der Waals surface area contributed by atoms with Gasteiger partial charge in [0.15, 0.2) is 0 Å². The summed E-state index contributed by atoms with van der Waals surface area (Å²) >= 11 is 0. The zero-order valence-corrected chi connectivity index (χ0v) is 8.53. The molecule has 0 aliphatic rings. The van der Waals surface area contributed by atoms with Crippen molar-refractivity contribution in [2.45, 2.75) is 26.3 Å². The molecule has 7 heteroatoms. The van der Waals surface area contributed by atoms with Gasteiger partial charge >= 0.3 is 6.09 Å². The summed E-state index contributed by atoms with van der Waals surface area (Å²) in [6.07, 6.45) is -0.761. The first-order valence-corrected chi connectivity index (χ1v) is 3.90. The largest absolute Gasteiger partial charge is 0.433 e. The third kappa shape index (κ3) is 3.00. The first-order chi connectivity index (χ1) is 6.32. The molecule has 0 fully saturated rings. The smallest absolute Gasteiger partial charge is 0.323 e. The molecule has 1 N–H and O–H groups in total. The van der Waals surface area contributed by atoms with E-state index in [1.165, 1.54) is 27.8 Å². The number of carbonyl (C=O) groups excluding carboxylic acids is 1. The van der Waals surface area contributed by atoms with Crippen LogP contribution in [0, 0.1) is 10.1 Å². The van der Waals surface area contributed by atoms with Crippen LogP contribution in [0.15, 0.2) is 5.16 Å². The van der Waals surface area contributed by atoms with Gasteiger partial charge in [-0.1, -0.05) is 5.16 Å². The van der Waals surface area contributed by atoms with Gasteiger partial charge in [-0.25, -0.2) is 4.79 Å². The lowest BCUT2D eigenvalue weighted by atomic mass is 10.0. The molecule has 0 saturated carbocycles. The topological polar surface area (TPSA) is 93.8 Å². The molecule has 0 saturated heterocycles. The second-order valence-corrected chi connectivity index (χ2v) is 3.12. The van der Waals surface area contributed by atoms with Gasteiger partial charge in [0.2, 0.25) is 0 Å². The number of oxime groups is 1. The van der Waals surface area contributed by atoms with Crippen molar-refractivity contribution in [1.29, 1.82) is 0 Å². The van der Waals surface area contributed by atoms with E-state index in [0.29, 0.717) is 0 Å². The first-order valence-electron chi connectivity index (χ1n) is 3.90. The molecule has 0 atom stereocenters. The van der Waals surface area contributed by atoms with Crippen LogP contribution < -0.4 is 5.32 Å². The van der Waals surface area contributed by atoms with E-state index >= 15 is 0 Å². The van der Waals surface area contributed by atoms with Crippen LogP contribution in [0.25, 0.3) is 0 Å². The SMILES string of the molecule is CNC(=O)O/N=C(\C)C(C)(C)[N+](=O)[O-]. The summed E-state index contributed by atoms with van der Waals surface area (Å²) in [4.78, 5) is 25.0. The summed E-state index contributed by atoms with van der Waals surface area (Å²) in [6, 6.07) is 0. The standard InChI is InChI=1S/C7H13N3O4/c1-5(7(2,3)10(12)13)9-14-6(11)8-4/h1-4H3,(H,8,11)/b9-5+. The number of nitro groups is 1. The molecule has 0 aliphatic heterocycles. The Balaban J connectivity index is 4.53. The minimum atomic E-state index is -1.34. The average molecular weight is 203 g/mol. The molecular weight excluding hydrogens is 190 g/mol. The number of nitrogens with zero attached hydrogens (tertiary/aromatic N) is 2. The number of nitrogens with one attached hydrogen (secondary N) is 1. The number of hydrogen-bond donors (Lipinski definition) is 1. The van der Waals surface area contributed by atoms with Crippen LogP contribution >= 0.6 is 0 Å². The normalized spacial score (nSPS) is 12.1. The van der Waals surface area contributed by atoms with Gasteiger partial charge in [0, 0.05) is 25.8 Å². The quantitative estimate of drug-likeness (QED) is 0.317. The zero-order valence-electron chi connectivity index (χ0n) is 8.53. The lowest BCUT2D eigenvalue weighted by Gasteiger charge is -2.13. The molecule has 0 heterocycles. The molecule has 0 rings (SSSR count). The second-order valence-electron chi connectivity index (χ2n) is 3.12.